The van der Waals surface area contributed by atoms with E-state index in [4.69, 9.17) is 16.3 Å². The van der Waals surface area contributed by atoms with Crippen molar-refractivity contribution in [2.75, 3.05) is 20.7 Å². The molecule has 40 heavy (non-hydrogen) atoms. The summed E-state index contributed by atoms with van der Waals surface area (Å²) in [5.41, 5.74) is 5.19. The Morgan fingerprint density at radius 2 is 1.65 bits per heavy atom. The van der Waals surface area contributed by atoms with Crippen molar-refractivity contribution in [1.29, 1.82) is 0 Å². The zero-order chi connectivity index (χ0) is 28.4. The van der Waals surface area contributed by atoms with E-state index in [0.29, 0.717) is 29.1 Å². The molecule has 0 unspecified atom stereocenters. The molecule has 1 saturated carbocycles. The van der Waals surface area contributed by atoms with Crippen LogP contribution in [0.1, 0.15) is 59.2 Å². The minimum absolute atomic E-state index is 0.00274. The Balaban J connectivity index is 1.55. The molecule has 2 aromatic carbocycles. The van der Waals surface area contributed by atoms with Gasteiger partial charge in [0.1, 0.15) is 10.6 Å². The minimum atomic E-state index is 0.00274. The molecule has 7 heteroatoms. The standard InChI is InChI=1S/C33H38ClN3O2S/c1-6-39-29-16-11-23(24-17-21(2)35-22(3)18-24)19-25(29)20-37(27-14-12-26(13-15-27)36(4)5)33(38)32-31(34)28-9-7-8-10-30(28)40-32/h7-11,16-19,26-27H,6,12-15,20H2,1-5H3. The Morgan fingerprint density at radius 3 is 2.30 bits per heavy atom. The molecule has 0 spiro atoms. The number of hydrogen-bond donors (Lipinski definition) is 0. The fraction of sp³-hybridized carbons (Fsp3) is 0.394. The lowest BCUT2D eigenvalue weighted by Crippen LogP contribution is -2.44. The maximum atomic E-state index is 14.4. The molecule has 1 aliphatic rings. The number of benzene rings is 2. The number of fused-ring (bicyclic) bond motifs is 1. The summed E-state index contributed by atoms with van der Waals surface area (Å²) in [6.07, 6.45) is 4.05. The Kier molecular flexibility index (Phi) is 8.79. The number of carbonyl (C=O) groups excluding carboxylic acids is 1. The van der Waals surface area contributed by atoms with Gasteiger partial charge in [0.25, 0.3) is 5.91 Å². The van der Waals surface area contributed by atoms with E-state index in [0.717, 1.165) is 69.6 Å². The van der Waals surface area contributed by atoms with E-state index < -0.39 is 0 Å². The van der Waals surface area contributed by atoms with Crippen LogP contribution in [-0.2, 0) is 6.54 Å². The van der Waals surface area contributed by atoms with E-state index in [1.807, 2.05) is 51.1 Å². The van der Waals surface area contributed by atoms with Crippen molar-refractivity contribution in [2.45, 2.75) is 65.1 Å². The van der Waals surface area contributed by atoms with Crippen molar-refractivity contribution >= 4 is 38.9 Å². The van der Waals surface area contributed by atoms with Crippen molar-refractivity contribution in [3.05, 3.63) is 81.4 Å². The molecular weight excluding hydrogens is 538 g/mol. The fourth-order valence-corrected chi connectivity index (χ4v) is 7.37. The number of rotatable bonds is 8. The number of aromatic nitrogens is 1. The minimum Gasteiger partial charge on any atom is -0.494 e. The summed E-state index contributed by atoms with van der Waals surface area (Å²) in [6, 6.07) is 19.2. The Morgan fingerprint density at radius 1 is 0.975 bits per heavy atom. The van der Waals surface area contributed by atoms with Gasteiger partial charge in [0.15, 0.2) is 0 Å². The van der Waals surface area contributed by atoms with E-state index in [2.05, 4.69) is 53.1 Å². The van der Waals surface area contributed by atoms with Crippen LogP contribution in [0.25, 0.3) is 21.2 Å². The molecule has 0 radical (unpaired) electrons. The second kappa shape index (κ2) is 12.3. The number of hydrogen-bond acceptors (Lipinski definition) is 5. The van der Waals surface area contributed by atoms with Crippen LogP contribution in [0, 0.1) is 13.8 Å². The van der Waals surface area contributed by atoms with Crippen molar-refractivity contribution < 1.29 is 9.53 Å². The van der Waals surface area contributed by atoms with Crippen LogP contribution in [0.15, 0.2) is 54.6 Å². The zero-order valence-electron chi connectivity index (χ0n) is 24.0. The van der Waals surface area contributed by atoms with Gasteiger partial charge in [0.05, 0.1) is 11.6 Å². The van der Waals surface area contributed by atoms with Gasteiger partial charge in [0, 0.05) is 45.7 Å². The zero-order valence-corrected chi connectivity index (χ0v) is 25.6. The van der Waals surface area contributed by atoms with Gasteiger partial charge in [-0.05, 0) is 102 Å². The smallest absolute Gasteiger partial charge is 0.266 e. The predicted molar refractivity (Wildman–Crippen MR) is 167 cm³/mol. The average Bonchev–Trinajstić information content (AvgIpc) is 3.28. The molecule has 2 heterocycles. The largest absolute Gasteiger partial charge is 0.494 e. The third-order valence-corrected chi connectivity index (χ3v) is 9.61. The molecule has 0 saturated heterocycles. The van der Waals surface area contributed by atoms with Crippen LogP contribution in [0.3, 0.4) is 0 Å². The van der Waals surface area contributed by atoms with Crippen molar-refractivity contribution in [3.63, 3.8) is 0 Å². The first kappa shape index (κ1) is 28.6. The number of ether oxygens (including phenoxy) is 1. The number of halogens is 1. The van der Waals surface area contributed by atoms with Crippen molar-refractivity contribution in [1.82, 2.24) is 14.8 Å². The third-order valence-electron chi connectivity index (χ3n) is 7.94. The van der Waals surface area contributed by atoms with E-state index >= 15 is 0 Å². The second-order valence-corrected chi connectivity index (χ2v) is 12.4. The molecule has 1 amide bonds. The molecule has 2 aromatic heterocycles. The highest BCUT2D eigenvalue weighted by atomic mass is 35.5. The molecule has 0 atom stereocenters. The van der Waals surface area contributed by atoms with Gasteiger partial charge >= 0.3 is 0 Å². The van der Waals surface area contributed by atoms with Crippen LogP contribution in [0.5, 0.6) is 5.75 Å². The summed E-state index contributed by atoms with van der Waals surface area (Å²) >= 11 is 8.33. The lowest BCUT2D eigenvalue weighted by Gasteiger charge is -2.39. The van der Waals surface area contributed by atoms with Crippen LogP contribution in [0.4, 0.5) is 0 Å². The third kappa shape index (κ3) is 6.04. The van der Waals surface area contributed by atoms with Crippen LogP contribution in [0.2, 0.25) is 5.02 Å². The highest BCUT2D eigenvalue weighted by molar-refractivity contribution is 7.21. The molecule has 0 aliphatic heterocycles. The first-order valence-electron chi connectivity index (χ1n) is 14.1. The molecular formula is C33H38ClN3O2S. The summed E-state index contributed by atoms with van der Waals surface area (Å²) < 4.78 is 7.12. The number of carbonyl (C=O) groups is 1. The van der Waals surface area contributed by atoms with Gasteiger partial charge in [0.2, 0.25) is 0 Å². The van der Waals surface area contributed by atoms with Crippen molar-refractivity contribution in [2.24, 2.45) is 0 Å². The van der Waals surface area contributed by atoms with Gasteiger partial charge < -0.3 is 14.5 Å². The summed E-state index contributed by atoms with van der Waals surface area (Å²) in [4.78, 5) is 23.9. The van der Waals surface area contributed by atoms with E-state index in [9.17, 15) is 4.79 Å². The maximum absolute atomic E-state index is 14.4. The molecule has 5 nitrogen and oxygen atoms in total. The Bertz CT molecular complexity index is 1490. The molecule has 210 valence electrons. The quantitative estimate of drug-likeness (QED) is 0.213. The van der Waals surface area contributed by atoms with E-state index in [-0.39, 0.29) is 11.9 Å². The molecule has 5 rings (SSSR count). The first-order chi connectivity index (χ1) is 19.2. The predicted octanol–water partition coefficient (Wildman–Crippen LogP) is 8.15. The van der Waals surface area contributed by atoms with Gasteiger partial charge in [-0.3, -0.25) is 9.78 Å². The van der Waals surface area contributed by atoms with Crippen LogP contribution in [-0.4, -0.2) is 53.5 Å². The van der Waals surface area contributed by atoms with Crippen LogP contribution < -0.4 is 4.74 Å². The van der Waals surface area contributed by atoms with Gasteiger partial charge in [-0.1, -0.05) is 35.9 Å². The van der Waals surface area contributed by atoms with Crippen molar-refractivity contribution in [3.8, 4) is 16.9 Å². The average molecular weight is 576 g/mol. The van der Waals surface area contributed by atoms with Gasteiger partial charge in [-0.2, -0.15) is 0 Å². The maximum Gasteiger partial charge on any atom is 0.266 e. The molecule has 1 fully saturated rings. The lowest BCUT2D eigenvalue weighted by molar-refractivity contribution is 0.0572. The number of pyridine rings is 1. The fourth-order valence-electron chi connectivity index (χ4n) is 5.90. The van der Waals surface area contributed by atoms with Crippen LogP contribution >= 0.6 is 22.9 Å². The molecule has 0 N–H and O–H groups in total. The van der Waals surface area contributed by atoms with Gasteiger partial charge in [-0.25, -0.2) is 0 Å². The summed E-state index contributed by atoms with van der Waals surface area (Å²) in [7, 11) is 4.29. The topological polar surface area (TPSA) is 45.7 Å². The Hall–Kier alpha value is -2.93. The number of amides is 1. The second-order valence-electron chi connectivity index (χ2n) is 11.0. The number of thiophene rings is 1. The lowest BCUT2D eigenvalue weighted by atomic mass is 9.89. The number of aryl methyl sites for hydroxylation is 2. The Labute approximate surface area is 246 Å². The highest BCUT2D eigenvalue weighted by Crippen LogP contribution is 2.38. The SMILES string of the molecule is CCOc1ccc(-c2cc(C)nc(C)c2)cc1CN(C(=O)c1sc2ccccc2c1Cl)C1CCC(N(C)C)CC1. The van der Waals surface area contributed by atoms with E-state index in [1.54, 1.807) is 0 Å². The first-order valence-corrected chi connectivity index (χ1v) is 15.3. The number of nitrogens with zero attached hydrogens (tertiary/aromatic N) is 3. The molecule has 1 aliphatic carbocycles. The molecule has 4 aromatic rings. The summed E-state index contributed by atoms with van der Waals surface area (Å²) in [6.45, 7) is 7.06. The van der Waals surface area contributed by atoms with E-state index in [1.165, 1.54) is 11.3 Å². The summed E-state index contributed by atoms with van der Waals surface area (Å²) in [5.74, 6) is 0.818. The summed E-state index contributed by atoms with van der Waals surface area (Å²) in [5, 5.41) is 1.49. The normalized spacial score (nSPS) is 17.4. The monoisotopic (exact) mass is 575 g/mol. The molecule has 0 bridgehead atoms. The van der Waals surface area contributed by atoms with Gasteiger partial charge in [-0.15, -0.1) is 11.3 Å². The highest BCUT2D eigenvalue weighted by Gasteiger charge is 2.33.